The van der Waals surface area contributed by atoms with E-state index in [-0.39, 0.29) is 48.1 Å². The summed E-state index contributed by atoms with van der Waals surface area (Å²) in [5, 5.41) is 26.6. The summed E-state index contributed by atoms with van der Waals surface area (Å²) in [5.74, 6) is -2.83. The van der Waals surface area contributed by atoms with Crippen LogP contribution < -0.4 is 10.6 Å². The first-order chi connectivity index (χ1) is 18.5. The van der Waals surface area contributed by atoms with Crippen LogP contribution >= 0.6 is 11.6 Å². The molecule has 11 nitrogen and oxygen atoms in total. The molecular formula is C24H26ClF3N6O5. The average Bonchev–Trinajstić information content (AvgIpc) is 3.45. The second-order valence-electron chi connectivity index (χ2n) is 9.09. The molecule has 0 aliphatic heterocycles. The Bertz CT molecular complexity index is 1340. The summed E-state index contributed by atoms with van der Waals surface area (Å²) in [6.07, 6.45) is -7.27. The first kappa shape index (κ1) is 28.5. The van der Waals surface area contributed by atoms with E-state index >= 15 is 0 Å². The van der Waals surface area contributed by atoms with Crippen molar-refractivity contribution in [2.75, 3.05) is 11.9 Å². The maximum atomic E-state index is 12.8. The summed E-state index contributed by atoms with van der Waals surface area (Å²) in [4.78, 5) is 36.7. The molecule has 3 aromatic rings. The highest BCUT2D eigenvalue weighted by Crippen LogP contribution is 2.40. The Kier molecular flexibility index (Phi) is 8.28. The van der Waals surface area contributed by atoms with Crippen LogP contribution in [0.4, 0.5) is 19.0 Å². The van der Waals surface area contributed by atoms with Crippen molar-refractivity contribution in [2.45, 2.75) is 62.7 Å². The lowest BCUT2D eigenvalue weighted by atomic mass is 10.0. The van der Waals surface area contributed by atoms with Gasteiger partial charge in [-0.15, -0.1) is 0 Å². The number of amides is 1. The number of nitrogens with one attached hydrogen (secondary N) is 2. The summed E-state index contributed by atoms with van der Waals surface area (Å²) in [5.41, 5.74) is -0.597. The second-order valence-corrected chi connectivity index (χ2v) is 9.43. The molecule has 0 bridgehead atoms. The molecule has 2 aromatic heterocycles. The summed E-state index contributed by atoms with van der Waals surface area (Å²) < 4.78 is 44.3. The number of aromatic nitrogens is 4. The molecule has 1 saturated carbocycles. The molecule has 0 saturated heterocycles. The van der Waals surface area contributed by atoms with Crippen molar-refractivity contribution in [1.82, 2.24) is 24.8 Å². The van der Waals surface area contributed by atoms with Crippen LogP contribution in [0.1, 0.15) is 31.7 Å². The molecule has 39 heavy (non-hydrogen) atoms. The van der Waals surface area contributed by atoms with Crippen molar-refractivity contribution in [3.63, 3.8) is 0 Å². The maximum Gasteiger partial charge on any atom is 0.490 e. The summed E-state index contributed by atoms with van der Waals surface area (Å²) >= 11 is 6.20. The molecule has 1 unspecified atom stereocenters. The summed E-state index contributed by atoms with van der Waals surface area (Å²) in [6, 6.07) is 8.88. The number of aliphatic hydroxyl groups is 2. The molecule has 4 rings (SSSR count). The van der Waals surface area contributed by atoms with Crippen molar-refractivity contribution in [2.24, 2.45) is 0 Å². The zero-order valence-corrected chi connectivity index (χ0v) is 21.4. The number of carbonyl (C=O) groups is 2. The normalized spacial score (nSPS) is 22.0. The number of aliphatic hydroxyl groups excluding tert-OH is 2. The molecule has 210 valence electrons. The number of alkyl halides is 3. The number of imidazole rings is 1. The van der Waals surface area contributed by atoms with Crippen LogP contribution in [0.5, 0.6) is 0 Å². The standard InChI is InChI=1S/C24H26ClF3N6O5/c1-2-16(36)33-23(9-8-15(18(23)37)39-21(38)24(26,27)28)34-12-29-17-19(31-22(25)32-20(17)34)30-14(11-35)10-13-6-4-3-5-7-13/h3-7,12,14-15,18,35,37H,2,8-11H2,1H3,(H,33,36)(H,30,31,32)/t14?,15-,18-,23-/m0/s1. The fourth-order valence-corrected chi connectivity index (χ4v) is 4.78. The van der Waals surface area contributed by atoms with Crippen molar-refractivity contribution in [3.05, 3.63) is 47.5 Å². The number of anilines is 1. The lowest BCUT2D eigenvalue weighted by molar-refractivity contribution is -0.209. The Labute approximate surface area is 225 Å². The monoisotopic (exact) mass is 570 g/mol. The number of nitrogens with zero attached hydrogens (tertiary/aromatic N) is 4. The lowest BCUT2D eigenvalue weighted by Crippen LogP contribution is -2.57. The van der Waals surface area contributed by atoms with Gasteiger partial charge in [0.1, 0.15) is 17.9 Å². The Hall–Kier alpha value is -3.49. The second kappa shape index (κ2) is 11.3. The molecular weight excluding hydrogens is 545 g/mol. The minimum Gasteiger partial charge on any atom is -0.453 e. The zero-order valence-electron chi connectivity index (χ0n) is 20.7. The highest BCUT2D eigenvalue weighted by molar-refractivity contribution is 6.28. The van der Waals surface area contributed by atoms with E-state index in [9.17, 15) is 33.0 Å². The van der Waals surface area contributed by atoms with E-state index in [0.29, 0.717) is 6.42 Å². The van der Waals surface area contributed by atoms with E-state index in [1.165, 1.54) is 10.9 Å². The first-order valence-electron chi connectivity index (χ1n) is 12.1. The van der Waals surface area contributed by atoms with E-state index in [1.54, 1.807) is 6.92 Å². The number of ether oxygens (including phenoxy) is 1. The number of esters is 1. The van der Waals surface area contributed by atoms with Gasteiger partial charge in [0.25, 0.3) is 0 Å². The van der Waals surface area contributed by atoms with Gasteiger partial charge in [0.05, 0.1) is 19.0 Å². The van der Waals surface area contributed by atoms with Crippen LogP contribution in [0, 0.1) is 0 Å². The van der Waals surface area contributed by atoms with Crippen molar-refractivity contribution < 1.29 is 37.7 Å². The van der Waals surface area contributed by atoms with Gasteiger partial charge >= 0.3 is 12.1 Å². The van der Waals surface area contributed by atoms with Gasteiger partial charge < -0.3 is 25.6 Å². The van der Waals surface area contributed by atoms with Crippen LogP contribution in [-0.4, -0.2) is 72.6 Å². The van der Waals surface area contributed by atoms with Gasteiger partial charge in [0, 0.05) is 6.42 Å². The molecule has 0 spiro atoms. The van der Waals surface area contributed by atoms with Crippen molar-refractivity contribution in [1.29, 1.82) is 0 Å². The number of rotatable bonds is 9. The van der Waals surface area contributed by atoms with E-state index in [2.05, 4.69) is 30.3 Å². The highest BCUT2D eigenvalue weighted by atomic mass is 35.5. The van der Waals surface area contributed by atoms with Gasteiger partial charge in [-0.25, -0.2) is 9.78 Å². The Morgan fingerprint density at radius 3 is 2.64 bits per heavy atom. The quantitative estimate of drug-likeness (QED) is 0.224. The van der Waals surface area contributed by atoms with Crippen LogP contribution in [0.3, 0.4) is 0 Å². The van der Waals surface area contributed by atoms with Crippen LogP contribution in [0.15, 0.2) is 36.7 Å². The topological polar surface area (TPSA) is 151 Å². The van der Waals surface area contributed by atoms with E-state index < -0.39 is 42.0 Å². The minimum atomic E-state index is -5.26. The third-order valence-electron chi connectivity index (χ3n) is 6.50. The molecule has 1 aromatic carbocycles. The molecule has 2 heterocycles. The number of benzene rings is 1. The predicted molar refractivity (Wildman–Crippen MR) is 133 cm³/mol. The largest absolute Gasteiger partial charge is 0.490 e. The van der Waals surface area contributed by atoms with Gasteiger partial charge in [-0.1, -0.05) is 37.3 Å². The van der Waals surface area contributed by atoms with Crippen molar-refractivity contribution >= 4 is 40.5 Å². The SMILES string of the molecule is CCC(=O)N[C@]1(n2cnc3c(NC(CO)Cc4ccccc4)nc(Cl)nc32)CC[C@H](OC(=O)C(F)(F)F)[C@@H]1O. The maximum absolute atomic E-state index is 12.8. The predicted octanol–water partition coefficient (Wildman–Crippen LogP) is 2.30. The van der Waals surface area contributed by atoms with Crippen LogP contribution in [-0.2, 0) is 26.4 Å². The van der Waals surface area contributed by atoms with Gasteiger partial charge in [0.2, 0.25) is 11.2 Å². The summed E-state index contributed by atoms with van der Waals surface area (Å²) in [6.45, 7) is 1.29. The van der Waals surface area contributed by atoms with E-state index in [1.807, 2.05) is 30.3 Å². The molecule has 4 N–H and O–H groups in total. The van der Waals surface area contributed by atoms with Crippen molar-refractivity contribution in [3.8, 4) is 0 Å². The zero-order chi connectivity index (χ0) is 28.4. The molecule has 1 fully saturated rings. The molecule has 1 amide bonds. The molecule has 1 aliphatic rings. The number of carbonyl (C=O) groups excluding carboxylic acids is 2. The fourth-order valence-electron chi connectivity index (χ4n) is 4.61. The fraction of sp³-hybridized carbons (Fsp3) is 0.458. The van der Waals surface area contributed by atoms with Gasteiger partial charge in [0.15, 0.2) is 17.0 Å². The number of halogens is 4. The number of hydrogen-bond donors (Lipinski definition) is 4. The third kappa shape index (κ3) is 5.92. The van der Waals surface area contributed by atoms with Crippen LogP contribution in [0.25, 0.3) is 11.2 Å². The highest BCUT2D eigenvalue weighted by Gasteiger charge is 2.54. The van der Waals surface area contributed by atoms with Gasteiger partial charge in [-0.05, 0) is 36.4 Å². The first-order valence-corrected chi connectivity index (χ1v) is 12.5. The molecule has 15 heteroatoms. The van der Waals surface area contributed by atoms with E-state index in [0.717, 1.165) is 5.56 Å². The lowest BCUT2D eigenvalue weighted by Gasteiger charge is -2.36. The van der Waals surface area contributed by atoms with Gasteiger partial charge in [-0.2, -0.15) is 23.1 Å². The third-order valence-corrected chi connectivity index (χ3v) is 6.67. The number of fused-ring (bicyclic) bond motifs is 1. The Balaban J connectivity index is 1.72. The Morgan fingerprint density at radius 1 is 1.28 bits per heavy atom. The summed E-state index contributed by atoms with van der Waals surface area (Å²) in [7, 11) is 0. The molecule has 4 atom stereocenters. The smallest absolute Gasteiger partial charge is 0.453 e. The molecule has 0 radical (unpaired) electrons. The average molecular weight is 571 g/mol. The van der Waals surface area contributed by atoms with E-state index in [4.69, 9.17) is 11.6 Å². The van der Waals surface area contributed by atoms with Crippen LogP contribution in [0.2, 0.25) is 5.28 Å². The molecule has 1 aliphatic carbocycles. The number of hydrogen-bond acceptors (Lipinski definition) is 9. The van der Waals surface area contributed by atoms with Gasteiger partial charge in [-0.3, -0.25) is 9.36 Å². The Morgan fingerprint density at radius 2 is 2.00 bits per heavy atom. The minimum absolute atomic E-state index is 0.00564.